The van der Waals surface area contributed by atoms with Gasteiger partial charge in [0.05, 0.1) is 12.6 Å². The molecule has 2 aromatic rings. The molecule has 5 nitrogen and oxygen atoms in total. The molecule has 2 heterocycles. The Labute approximate surface area is 210 Å². The summed E-state index contributed by atoms with van der Waals surface area (Å²) in [6.45, 7) is 16.0. The molecule has 0 saturated carbocycles. The Morgan fingerprint density at radius 3 is 2.62 bits per heavy atom. The molecule has 0 radical (unpaired) electrons. The third-order valence-corrected chi connectivity index (χ3v) is 8.44. The Morgan fingerprint density at radius 2 is 1.94 bits per heavy atom. The first kappa shape index (κ1) is 26.7. The average Bonchev–Trinajstić information content (AvgIpc) is 3.53. The molecule has 0 spiro atoms. The number of rotatable bonds is 12. The zero-order valence-corrected chi connectivity index (χ0v) is 22.7. The van der Waals surface area contributed by atoms with Crippen molar-refractivity contribution in [1.82, 2.24) is 15.6 Å². The fourth-order valence-electron chi connectivity index (χ4n) is 4.15. The maximum Gasteiger partial charge on any atom is 0.270 e. The second-order valence-electron chi connectivity index (χ2n) is 10.7. The van der Waals surface area contributed by atoms with Gasteiger partial charge in [-0.1, -0.05) is 53.7 Å². The van der Waals surface area contributed by atoms with E-state index in [0.717, 1.165) is 49.4 Å². The number of thiazole rings is 1. The van der Waals surface area contributed by atoms with Gasteiger partial charge in [0, 0.05) is 17.5 Å². The molecule has 34 heavy (non-hydrogen) atoms. The fourth-order valence-corrected chi connectivity index (χ4v) is 5.06. The van der Waals surface area contributed by atoms with Gasteiger partial charge < -0.3 is 15.4 Å². The van der Waals surface area contributed by atoms with Gasteiger partial charge in [-0.2, -0.15) is 0 Å². The maximum atomic E-state index is 12.4. The molecule has 1 aliphatic heterocycles. The van der Waals surface area contributed by atoms with Crippen LogP contribution in [0.15, 0.2) is 23.6 Å². The largest absolute Gasteiger partial charge is 0.493 e. The number of carbonyl (C=O) groups excluding carboxylic acids is 1. The smallest absolute Gasteiger partial charge is 0.270 e. The third kappa shape index (κ3) is 6.60. The topological polar surface area (TPSA) is 63.2 Å². The molecule has 188 valence electrons. The minimum absolute atomic E-state index is 0.0591. The van der Waals surface area contributed by atoms with E-state index < -0.39 is 0 Å². The zero-order chi connectivity index (χ0) is 24.8. The van der Waals surface area contributed by atoms with Crippen molar-refractivity contribution in [2.24, 2.45) is 0 Å². The van der Waals surface area contributed by atoms with Crippen LogP contribution >= 0.6 is 11.3 Å². The van der Waals surface area contributed by atoms with Crippen molar-refractivity contribution in [3.05, 3.63) is 45.4 Å². The summed E-state index contributed by atoms with van der Waals surface area (Å²) in [7, 11) is 0. The van der Waals surface area contributed by atoms with E-state index in [2.05, 4.69) is 75.4 Å². The molecule has 6 heteroatoms. The van der Waals surface area contributed by atoms with Crippen molar-refractivity contribution >= 4 is 17.2 Å². The number of amides is 1. The predicted octanol–water partition coefficient (Wildman–Crippen LogP) is 6.53. The standard InChI is InChI=1S/C28H43N3O2S/c1-7-27(3,4)20-13-14-24(21(18-20)28(5,6)8-2)33-17-10-9-15-30-25(32)23-19-34-26(31-23)22-12-11-16-29-22/h13-14,18-19,22,29H,7-12,15-17H2,1-6H3,(H,30,32). The van der Waals surface area contributed by atoms with Crippen LogP contribution in [0.1, 0.15) is 113 Å². The lowest BCUT2D eigenvalue weighted by atomic mass is 9.76. The summed E-state index contributed by atoms with van der Waals surface area (Å²) >= 11 is 1.57. The van der Waals surface area contributed by atoms with Gasteiger partial charge >= 0.3 is 0 Å². The average molecular weight is 486 g/mol. The molecule has 0 bridgehead atoms. The molecular weight excluding hydrogens is 442 g/mol. The van der Waals surface area contributed by atoms with Crippen LogP contribution in [0.4, 0.5) is 0 Å². The van der Waals surface area contributed by atoms with E-state index in [9.17, 15) is 4.79 Å². The first-order valence-electron chi connectivity index (χ1n) is 12.9. The second kappa shape index (κ2) is 11.7. The van der Waals surface area contributed by atoms with Crippen molar-refractivity contribution in [3.63, 3.8) is 0 Å². The fraction of sp³-hybridized carbons (Fsp3) is 0.643. The van der Waals surface area contributed by atoms with E-state index >= 15 is 0 Å². The number of ether oxygens (including phenoxy) is 1. The SMILES string of the molecule is CCC(C)(C)c1ccc(OCCCCNC(=O)c2csc(C3CCCN3)n2)c(C(C)(C)CC)c1. The van der Waals surface area contributed by atoms with Crippen LogP contribution in [0.25, 0.3) is 0 Å². The molecule has 3 rings (SSSR count). The number of aromatic nitrogens is 1. The van der Waals surface area contributed by atoms with E-state index in [1.807, 2.05) is 5.38 Å². The second-order valence-corrected chi connectivity index (χ2v) is 11.6. The molecular formula is C28H43N3O2S. The molecule has 1 amide bonds. The highest BCUT2D eigenvalue weighted by Gasteiger charge is 2.26. The normalized spacial score (nSPS) is 16.6. The lowest BCUT2D eigenvalue weighted by Gasteiger charge is -2.30. The quantitative estimate of drug-likeness (QED) is 0.335. The van der Waals surface area contributed by atoms with Crippen molar-refractivity contribution in [2.75, 3.05) is 19.7 Å². The number of carbonyl (C=O) groups is 1. The Hall–Kier alpha value is -1.92. The van der Waals surface area contributed by atoms with Crippen molar-refractivity contribution in [1.29, 1.82) is 0 Å². The van der Waals surface area contributed by atoms with Gasteiger partial charge in [0.2, 0.25) is 0 Å². The van der Waals surface area contributed by atoms with Crippen molar-refractivity contribution in [3.8, 4) is 5.75 Å². The first-order valence-corrected chi connectivity index (χ1v) is 13.8. The van der Waals surface area contributed by atoms with E-state index in [1.54, 1.807) is 11.3 Å². The number of hydrogen-bond acceptors (Lipinski definition) is 5. The van der Waals surface area contributed by atoms with Gasteiger partial charge in [-0.25, -0.2) is 4.98 Å². The number of nitrogens with one attached hydrogen (secondary N) is 2. The van der Waals surface area contributed by atoms with E-state index in [1.165, 1.54) is 17.5 Å². The summed E-state index contributed by atoms with van der Waals surface area (Å²) in [5, 5.41) is 9.34. The van der Waals surface area contributed by atoms with Crippen LogP contribution in [-0.4, -0.2) is 30.6 Å². The molecule has 1 aromatic heterocycles. The molecule has 1 atom stereocenters. The van der Waals surface area contributed by atoms with Gasteiger partial charge in [0.15, 0.2) is 0 Å². The highest BCUT2D eigenvalue weighted by molar-refractivity contribution is 7.09. The minimum Gasteiger partial charge on any atom is -0.493 e. The van der Waals surface area contributed by atoms with Gasteiger partial charge in [0.1, 0.15) is 16.5 Å². The number of hydrogen-bond donors (Lipinski definition) is 2. The third-order valence-electron chi connectivity index (χ3n) is 7.49. The van der Waals surface area contributed by atoms with Crippen LogP contribution in [0.2, 0.25) is 0 Å². The van der Waals surface area contributed by atoms with Crippen LogP contribution in [0, 0.1) is 0 Å². The molecule has 1 aromatic carbocycles. The van der Waals surface area contributed by atoms with Crippen LogP contribution in [0.3, 0.4) is 0 Å². The molecule has 1 saturated heterocycles. The summed E-state index contributed by atoms with van der Waals surface area (Å²) < 4.78 is 6.25. The van der Waals surface area contributed by atoms with Gasteiger partial charge in [0.25, 0.3) is 5.91 Å². The number of nitrogens with zero attached hydrogens (tertiary/aromatic N) is 1. The Bertz CT molecular complexity index is 945. The van der Waals surface area contributed by atoms with Gasteiger partial charge in [-0.15, -0.1) is 11.3 Å². The molecule has 2 N–H and O–H groups in total. The van der Waals surface area contributed by atoms with Crippen LogP contribution in [-0.2, 0) is 10.8 Å². The Kier molecular flexibility index (Phi) is 9.16. The highest BCUT2D eigenvalue weighted by Crippen LogP contribution is 2.38. The lowest BCUT2D eigenvalue weighted by Crippen LogP contribution is -2.25. The summed E-state index contributed by atoms with van der Waals surface area (Å²) in [4.78, 5) is 17.0. The zero-order valence-electron chi connectivity index (χ0n) is 21.9. The van der Waals surface area contributed by atoms with E-state index in [-0.39, 0.29) is 16.7 Å². The Morgan fingerprint density at radius 1 is 1.18 bits per heavy atom. The Balaban J connectivity index is 1.48. The molecule has 0 aliphatic carbocycles. The number of benzene rings is 1. The monoisotopic (exact) mass is 485 g/mol. The summed E-state index contributed by atoms with van der Waals surface area (Å²) in [5.74, 6) is 0.907. The van der Waals surface area contributed by atoms with Crippen molar-refractivity contribution in [2.45, 2.75) is 96.9 Å². The molecule has 1 fully saturated rings. The first-order chi connectivity index (χ1) is 16.2. The minimum atomic E-state index is -0.0810. The van der Waals surface area contributed by atoms with Gasteiger partial charge in [-0.05, 0) is 67.5 Å². The van der Waals surface area contributed by atoms with E-state index in [4.69, 9.17) is 4.74 Å². The summed E-state index contributed by atoms with van der Waals surface area (Å²) in [6.07, 6.45) is 6.20. The molecule has 1 aliphatic rings. The molecule has 1 unspecified atom stereocenters. The maximum absolute atomic E-state index is 12.4. The summed E-state index contributed by atoms with van der Waals surface area (Å²) in [6, 6.07) is 7.04. The number of unbranched alkanes of at least 4 members (excludes halogenated alkanes) is 1. The van der Waals surface area contributed by atoms with Gasteiger partial charge in [-0.3, -0.25) is 4.79 Å². The highest BCUT2D eigenvalue weighted by atomic mass is 32.1. The predicted molar refractivity (Wildman–Crippen MR) is 142 cm³/mol. The van der Waals surface area contributed by atoms with E-state index in [0.29, 0.717) is 24.9 Å². The van der Waals surface area contributed by atoms with Crippen LogP contribution in [0.5, 0.6) is 5.75 Å². The summed E-state index contributed by atoms with van der Waals surface area (Å²) in [5.41, 5.74) is 3.41. The van der Waals surface area contributed by atoms with Crippen molar-refractivity contribution < 1.29 is 9.53 Å². The van der Waals surface area contributed by atoms with Crippen LogP contribution < -0.4 is 15.4 Å². The lowest BCUT2D eigenvalue weighted by molar-refractivity contribution is 0.0947.